The second-order valence-corrected chi connectivity index (χ2v) is 8.94. The van der Waals surface area contributed by atoms with Crippen LogP contribution < -0.4 is 0 Å². The maximum Gasteiger partial charge on any atom is 0.140 e. The highest BCUT2D eigenvalue weighted by molar-refractivity contribution is 8.14. The lowest BCUT2D eigenvalue weighted by Crippen LogP contribution is -2.19. The molecule has 2 aromatic heterocycles. The van der Waals surface area contributed by atoms with E-state index in [9.17, 15) is 0 Å². The van der Waals surface area contributed by atoms with E-state index < -0.39 is 0 Å². The van der Waals surface area contributed by atoms with Crippen LogP contribution in [0.5, 0.6) is 0 Å². The van der Waals surface area contributed by atoms with E-state index in [-0.39, 0.29) is 0 Å². The van der Waals surface area contributed by atoms with Crippen molar-refractivity contribution in [3.8, 4) is 11.4 Å². The van der Waals surface area contributed by atoms with Gasteiger partial charge in [0.1, 0.15) is 15.7 Å². The largest absolute Gasteiger partial charge is 0.360 e. The second-order valence-electron chi connectivity index (χ2n) is 5.88. The highest BCUT2D eigenvalue weighted by atomic mass is 32.2. The Hall–Kier alpha value is -1.31. The number of hydrogen-bond donors (Lipinski definition) is 0. The third-order valence-corrected chi connectivity index (χ3v) is 7.29. The molecule has 2 unspecified atom stereocenters. The summed E-state index contributed by atoms with van der Waals surface area (Å²) >= 11 is 5.32. The Morgan fingerprint density at radius 2 is 2.17 bits per heavy atom. The van der Waals surface area contributed by atoms with Gasteiger partial charge in [-0.25, -0.2) is 4.98 Å². The zero-order chi connectivity index (χ0) is 16.7. The first-order valence-electron chi connectivity index (χ1n) is 7.84. The molecule has 124 valence electrons. The summed E-state index contributed by atoms with van der Waals surface area (Å²) in [5, 5.41) is 6.90. The Labute approximate surface area is 154 Å². The molecular weight excluding hydrogens is 356 g/mol. The van der Waals surface area contributed by atoms with E-state index in [1.807, 2.05) is 35.8 Å². The normalized spacial score (nSPS) is 23.5. The van der Waals surface area contributed by atoms with Gasteiger partial charge >= 0.3 is 0 Å². The van der Waals surface area contributed by atoms with E-state index >= 15 is 0 Å². The van der Waals surface area contributed by atoms with Crippen molar-refractivity contribution in [3.05, 3.63) is 39.7 Å². The van der Waals surface area contributed by atoms with Crippen molar-refractivity contribution in [2.75, 3.05) is 12.8 Å². The van der Waals surface area contributed by atoms with Crippen LogP contribution >= 0.6 is 34.9 Å². The summed E-state index contributed by atoms with van der Waals surface area (Å²) in [5.74, 6) is 1.04. The van der Waals surface area contributed by atoms with E-state index in [4.69, 9.17) is 9.98 Å². The van der Waals surface area contributed by atoms with Crippen LogP contribution in [0.15, 0.2) is 34.1 Å². The standard InChI is InChI=1S/C17H18N4S3/c1-10-7-23-16(19-10)12-5-4-6-18-15(12)13-8-24-17(20-13)14-9-22-11(2)21(14)3/h4-6,8-11H,7H2,1-3H3. The maximum atomic E-state index is 4.87. The topological polar surface area (TPSA) is 41.4 Å². The van der Waals surface area contributed by atoms with Crippen LogP contribution in [-0.4, -0.2) is 44.1 Å². The van der Waals surface area contributed by atoms with E-state index in [1.165, 1.54) is 5.70 Å². The molecule has 2 atom stereocenters. The molecular formula is C17H18N4S3. The number of nitrogens with zero attached hydrogens (tertiary/aromatic N) is 4. The van der Waals surface area contributed by atoms with Crippen LogP contribution in [0.25, 0.3) is 17.1 Å². The van der Waals surface area contributed by atoms with Crippen LogP contribution in [0.3, 0.4) is 0 Å². The molecule has 2 aliphatic rings. The summed E-state index contributed by atoms with van der Waals surface area (Å²) in [7, 11) is 2.12. The zero-order valence-corrected chi connectivity index (χ0v) is 16.2. The lowest BCUT2D eigenvalue weighted by Gasteiger charge is -2.19. The molecule has 0 aliphatic carbocycles. The first-order valence-corrected chi connectivity index (χ1v) is 10.6. The van der Waals surface area contributed by atoms with Gasteiger partial charge in [0.2, 0.25) is 0 Å². The molecule has 0 fully saturated rings. The summed E-state index contributed by atoms with van der Waals surface area (Å²) in [4.78, 5) is 16.5. The summed E-state index contributed by atoms with van der Waals surface area (Å²) in [6, 6.07) is 4.45. The smallest absolute Gasteiger partial charge is 0.140 e. The van der Waals surface area contributed by atoms with Gasteiger partial charge in [0.15, 0.2) is 0 Å². The van der Waals surface area contributed by atoms with Crippen LogP contribution in [0.4, 0.5) is 0 Å². The molecule has 0 bridgehead atoms. The minimum atomic E-state index is 0.375. The molecule has 24 heavy (non-hydrogen) atoms. The lowest BCUT2D eigenvalue weighted by atomic mass is 10.1. The van der Waals surface area contributed by atoms with Gasteiger partial charge in [0.05, 0.1) is 22.8 Å². The van der Waals surface area contributed by atoms with Gasteiger partial charge in [-0.05, 0) is 31.4 Å². The van der Waals surface area contributed by atoms with Crippen molar-refractivity contribution in [1.82, 2.24) is 14.9 Å². The molecule has 4 nitrogen and oxygen atoms in total. The molecule has 2 aromatic rings. The lowest BCUT2D eigenvalue weighted by molar-refractivity contribution is 0.482. The first-order chi connectivity index (χ1) is 11.6. The molecule has 7 heteroatoms. The Kier molecular flexibility index (Phi) is 4.40. The molecule has 0 aromatic carbocycles. The minimum absolute atomic E-state index is 0.375. The van der Waals surface area contributed by atoms with Gasteiger partial charge in [-0.15, -0.1) is 34.9 Å². The number of aliphatic imine (C=N–C) groups is 1. The molecule has 0 N–H and O–H groups in total. The molecule has 0 amide bonds. The second kappa shape index (κ2) is 6.54. The van der Waals surface area contributed by atoms with Crippen molar-refractivity contribution < 1.29 is 0 Å². The van der Waals surface area contributed by atoms with E-state index in [1.54, 1.807) is 11.3 Å². The molecule has 0 radical (unpaired) electrons. The summed E-state index contributed by atoms with van der Waals surface area (Å²) < 4.78 is 0. The quantitative estimate of drug-likeness (QED) is 0.796. The Morgan fingerprint density at radius 1 is 1.29 bits per heavy atom. The zero-order valence-electron chi connectivity index (χ0n) is 13.8. The Bertz CT molecular complexity index is 827. The predicted octanol–water partition coefficient (Wildman–Crippen LogP) is 4.41. The van der Waals surface area contributed by atoms with Gasteiger partial charge in [0.25, 0.3) is 0 Å². The summed E-state index contributed by atoms with van der Waals surface area (Å²) in [5.41, 5.74) is 4.16. The fourth-order valence-electron chi connectivity index (χ4n) is 2.64. The minimum Gasteiger partial charge on any atom is -0.360 e. The van der Waals surface area contributed by atoms with Gasteiger partial charge in [-0.3, -0.25) is 9.98 Å². The molecule has 0 saturated heterocycles. The maximum absolute atomic E-state index is 4.87. The van der Waals surface area contributed by atoms with E-state index in [0.29, 0.717) is 11.4 Å². The van der Waals surface area contributed by atoms with Crippen LogP contribution in [0.2, 0.25) is 0 Å². The third-order valence-electron chi connectivity index (χ3n) is 4.10. The fraction of sp³-hybridized carbons (Fsp3) is 0.353. The van der Waals surface area contributed by atoms with E-state index in [0.717, 1.165) is 32.8 Å². The van der Waals surface area contributed by atoms with E-state index in [2.05, 4.69) is 47.6 Å². The van der Waals surface area contributed by atoms with Crippen molar-refractivity contribution in [1.29, 1.82) is 0 Å². The average Bonchev–Trinajstić information content (AvgIpc) is 3.30. The molecule has 4 rings (SSSR count). The number of aromatic nitrogens is 2. The average molecular weight is 375 g/mol. The van der Waals surface area contributed by atoms with Gasteiger partial charge < -0.3 is 4.90 Å². The molecule has 0 saturated carbocycles. The number of pyridine rings is 1. The Morgan fingerprint density at radius 3 is 2.88 bits per heavy atom. The molecule has 0 spiro atoms. The monoisotopic (exact) mass is 374 g/mol. The van der Waals surface area contributed by atoms with Crippen LogP contribution in [0, 0.1) is 0 Å². The van der Waals surface area contributed by atoms with Crippen LogP contribution in [-0.2, 0) is 0 Å². The van der Waals surface area contributed by atoms with Crippen molar-refractivity contribution in [2.24, 2.45) is 4.99 Å². The van der Waals surface area contributed by atoms with Gasteiger partial charge in [-0.1, -0.05) is 0 Å². The first kappa shape index (κ1) is 16.2. The molecule has 4 heterocycles. The van der Waals surface area contributed by atoms with Gasteiger partial charge in [-0.2, -0.15) is 0 Å². The Balaban J connectivity index is 1.70. The SMILES string of the molecule is CC1CSC(c2cccnc2-c2csc(C3=CSC(C)N3C)n2)=N1. The predicted molar refractivity (Wildman–Crippen MR) is 107 cm³/mol. The number of thioether (sulfide) groups is 2. The fourth-order valence-corrected chi connectivity index (χ4v) is 5.52. The third kappa shape index (κ3) is 2.89. The van der Waals surface area contributed by atoms with Crippen molar-refractivity contribution in [2.45, 2.75) is 25.3 Å². The van der Waals surface area contributed by atoms with Gasteiger partial charge in [0, 0.05) is 29.9 Å². The van der Waals surface area contributed by atoms with Crippen molar-refractivity contribution in [3.63, 3.8) is 0 Å². The van der Waals surface area contributed by atoms with Crippen LogP contribution in [0.1, 0.15) is 24.4 Å². The summed E-state index contributed by atoms with van der Waals surface area (Å²) in [6.07, 6.45) is 1.83. The highest BCUT2D eigenvalue weighted by Gasteiger charge is 2.24. The highest BCUT2D eigenvalue weighted by Crippen LogP contribution is 2.38. The number of hydrogen-bond acceptors (Lipinski definition) is 7. The van der Waals surface area contributed by atoms with Crippen molar-refractivity contribution >= 4 is 45.6 Å². The number of thiazole rings is 1. The number of rotatable bonds is 3. The summed E-state index contributed by atoms with van der Waals surface area (Å²) in [6.45, 7) is 4.36. The molecule has 2 aliphatic heterocycles.